The lowest BCUT2D eigenvalue weighted by Crippen LogP contribution is -2.09. The minimum atomic E-state index is -4.59. The van der Waals surface area contributed by atoms with Crippen molar-refractivity contribution in [2.75, 3.05) is 11.9 Å². The van der Waals surface area contributed by atoms with Crippen LogP contribution in [0.15, 0.2) is 42.5 Å². The Labute approximate surface area is 142 Å². The largest absolute Gasteiger partial charge is 0.462 e. The number of carbonyl (C=O) groups excluding carboxylic acids is 1. The van der Waals surface area contributed by atoms with Crippen LogP contribution < -0.4 is 5.32 Å². The van der Waals surface area contributed by atoms with Crippen molar-refractivity contribution in [3.05, 3.63) is 64.7 Å². The molecule has 0 aliphatic heterocycles. The third kappa shape index (κ3) is 4.73. The lowest BCUT2D eigenvalue weighted by Gasteiger charge is -2.12. The molecule has 0 fully saturated rings. The Balaban J connectivity index is 2.09. The second kappa shape index (κ2) is 7.71. The number of ether oxygens (including phenoxy) is 1. The summed E-state index contributed by atoms with van der Waals surface area (Å²) in [4.78, 5) is 11.6. The highest BCUT2D eigenvalue weighted by atomic mass is 19.4. The quantitative estimate of drug-likeness (QED) is 0.815. The van der Waals surface area contributed by atoms with Crippen LogP contribution in [0.5, 0.6) is 0 Å². The number of anilines is 1. The Hall–Kier alpha value is -3.01. The van der Waals surface area contributed by atoms with Crippen LogP contribution >= 0.6 is 0 Å². The van der Waals surface area contributed by atoms with Gasteiger partial charge in [0.25, 0.3) is 0 Å². The van der Waals surface area contributed by atoms with Crippen LogP contribution in [-0.2, 0) is 17.5 Å². The van der Waals surface area contributed by atoms with Crippen molar-refractivity contribution in [1.82, 2.24) is 0 Å². The van der Waals surface area contributed by atoms with E-state index in [1.807, 2.05) is 0 Å². The fourth-order valence-corrected chi connectivity index (χ4v) is 2.16. The number of alkyl halides is 3. The van der Waals surface area contributed by atoms with Crippen molar-refractivity contribution in [1.29, 1.82) is 5.26 Å². The number of carbonyl (C=O) groups is 1. The first-order valence-corrected chi connectivity index (χ1v) is 7.46. The minimum absolute atomic E-state index is 0.251. The van der Waals surface area contributed by atoms with E-state index in [4.69, 9.17) is 10.00 Å². The van der Waals surface area contributed by atoms with Crippen LogP contribution in [0.4, 0.5) is 18.9 Å². The van der Waals surface area contributed by atoms with E-state index in [2.05, 4.69) is 5.32 Å². The van der Waals surface area contributed by atoms with Gasteiger partial charge in [-0.15, -0.1) is 0 Å². The van der Waals surface area contributed by atoms with Gasteiger partial charge in [0.05, 0.1) is 29.4 Å². The number of esters is 1. The molecule has 0 atom stereocenters. The van der Waals surface area contributed by atoms with Gasteiger partial charge in [0.15, 0.2) is 0 Å². The number of nitrogens with zero attached hydrogens (tertiary/aromatic N) is 1. The Morgan fingerprint density at radius 3 is 2.44 bits per heavy atom. The van der Waals surface area contributed by atoms with Crippen molar-refractivity contribution in [2.24, 2.45) is 0 Å². The van der Waals surface area contributed by atoms with Crippen molar-refractivity contribution >= 4 is 11.7 Å². The lowest BCUT2D eigenvalue weighted by molar-refractivity contribution is -0.137. The Kier molecular flexibility index (Phi) is 5.65. The summed E-state index contributed by atoms with van der Waals surface area (Å²) in [7, 11) is 0. The molecule has 2 rings (SSSR count). The Morgan fingerprint density at radius 2 is 1.88 bits per heavy atom. The van der Waals surface area contributed by atoms with Crippen LogP contribution in [0.2, 0.25) is 0 Å². The molecule has 0 aliphatic rings. The molecule has 0 radical (unpaired) electrons. The van der Waals surface area contributed by atoms with Crippen molar-refractivity contribution < 1.29 is 22.7 Å². The van der Waals surface area contributed by atoms with Crippen LogP contribution in [-0.4, -0.2) is 12.6 Å². The Morgan fingerprint density at radius 1 is 1.20 bits per heavy atom. The maximum atomic E-state index is 12.9. The predicted molar refractivity (Wildman–Crippen MR) is 85.9 cm³/mol. The van der Waals surface area contributed by atoms with Gasteiger partial charge in [-0.05, 0) is 42.8 Å². The molecule has 25 heavy (non-hydrogen) atoms. The Bertz CT molecular complexity index is 793. The molecule has 0 saturated heterocycles. The second-order valence-electron chi connectivity index (χ2n) is 5.14. The van der Waals surface area contributed by atoms with E-state index in [9.17, 15) is 18.0 Å². The number of hydrogen-bond acceptors (Lipinski definition) is 4. The number of rotatable bonds is 5. The molecule has 0 aromatic heterocycles. The van der Waals surface area contributed by atoms with E-state index in [-0.39, 0.29) is 18.8 Å². The minimum Gasteiger partial charge on any atom is -0.462 e. The van der Waals surface area contributed by atoms with Gasteiger partial charge < -0.3 is 10.1 Å². The molecule has 0 heterocycles. The van der Waals surface area contributed by atoms with Gasteiger partial charge in [0, 0.05) is 12.2 Å². The number of hydrogen-bond donors (Lipinski definition) is 1. The first-order chi connectivity index (χ1) is 11.8. The molecule has 0 unspecified atom stereocenters. The molecule has 0 amide bonds. The molecular formula is C18H15F3N2O2. The average molecular weight is 348 g/mol. The van der Waals surface area contributed by atoms with Crippen molar-refractivity contribution in [3.63, 3.8) is 0 Å². The van der Waals surface area contributed by atoms with Gasteiger partial charge in [-0.25, -0.2) is 4.79 Å². The van der Waals surface area contributed by atoms with E-state index in [1.165, 1.54) is 12.1 Å². The highest BCUT2D eigenvalue weighted by Crippen LogP contribution is 2.33. The highest BCUT2D eigenvalue weighted by molar-refractivity contribution is 5.89. The fourth-order valence-electron chi connectivity index (χ4n) is 2.16. The van der Waals surface area contributed by atoms with Gasteiger partial charge in [0.1, 0.15) is 0 Å². The third-order valence-corrected chi connectivity index (χ3v) is 3.41. The zero-order chi connectivity index (χ0) is 18.4. The molecule has 7 heteroatoms. The zero-order valence-electron chi connectivity index (χ0n) is 13.4. The molecule has 2 aromatic rings. The molecule has 0 saturated carbocycles. The summed E-state index contributed by atoms with van der Waals surface area (Å²) in [6.07, 6.45) is -4.59. The summed E-state index contributed by atoms with van der Waals surface area (Å²) < 4.78 is 43.7. The van der Waals surface area contributed by atoms with E-state index in [0.717, 1.165) is 17.7 Å². The van der Waals surface area contributed by atoms with Gasteiger partial charge in [-0.2, -0.15) is 18.4 Å². The average Bonchev–Trinajstić information content (AvgIpc) is 2.59. The SMILES string of the molecule is CCOC(=O)c1ccc(CNc2ccc(C#N)c(C(F)(F)F)c2)cc1. The normalized spacial score (nSPS) is 10.8. The number of nitrogens with one attached hydrogen (secondary N) is 1. The molecule has 0 bridgehead atoms. The van der Waals surface area contributed by atoms with Gasteiger partial charge in [-0.1, -0.05) is 12.1 Å². The molecule has 2 aromatic carbocycles. The highest BCUT2D eigenvalue weighted by Gasteiger charge is 2.33. The van der Waals surface area contributed by atoms with E-state index >= 15 is 0 Å². The zero-order valence-corrected chi connectivity index (χ0v) is 13.4. The summed E-state index contributed by atoms with van der Waals surface area (Å²) in [6, 6.07) is 11.6. The molecule has 0 spiro atoms. The van der Waals surface area contributed by atoms with E-state index in [0.29, 0.717) is 5.56 Å². The van der Waals surface area contributed by atoms with Crippen LogP contribution in [0, 0.1) is 11.3 Å². The van der Waals surface area contributed by atoms with E-state index in [1.54, 1.807) is 31.2 Å². The molecule has 130 valence electrons. The maximum absolute atomic E-state index is 12.9. The fraction of sp³-hybridized carbons (Fsp3) is 0.222. The van der Waals surface area contributed by atoms with Crippen LogP contribution in [0.3, 0.4) is 0 Å². The summed E-state index contributed by atoms with van der Waals surface area (Å²) in [5.41, 5.74) is 0.0459. The second-order valence-corrected chi connectivity index (χ2v) is 5.14. The van der Waals surface area contributed by atoms with E-state index < -0.39 is 23.3 Å². The molecule has 1 N–H and O–H groups in total. The smallest absolute Gasteiger partial charge is 0.417 e. The van der Waals surface area contributed by atoms with Gasteiger partial charge in [0.2, 0.25) is 0 Å². The topological polar surface area (TPSA) is 62.1 Å². The predicted octanol–water partition coefficient (Wildman–Crippen LogP) is 4.37. The van der Waals surface area contributed by atoms with Crippen molar-refractivity contribution in [3.8, 4) is 6.07 Å². The first-order valence-electron chi connectivity index (χ1n) is 7.46. The monoisotopic (exact) mass is 348 g/mol. The number of benzene rings is 2. The maximum Gasteiger partial charge on any atom is 0.417 e. The van der Waals surface area contributed by atoms with Crippen LogP contribution in [0.25, 0.3) is 0 Å². The molecule has 4 nitrogen and oxygen atoms in total. The van der Waals surface area contributed by atoms with Crippen LogP contribution in [0.1, 0.15) is 34.0 Å². The summed E-state index contributed by atoms with van der Waals surface area (Å²) in [5, 5.41) is 11.7. The number of halogens is 3. The third-order valence-electron chi connectivity index (χ3n) is 3.41. The summed E-state index contributed by atoms with van der Waals surface area (Å²) >= 11 is 0. The van der Waals surface area contributed by atoms with Crippen molar-refractivity contribution in [2.45, 2.75) is 19.6 Å². The number of nitriles is 1. The summed E-state index contributed by atoms with van der Waals surface area (Å²) in [5.74, 6) is -0.427. The molecular weight excluding hydrogens is 333 g/mol. The lowest BCUT2D eigenvalue weighted by atomic mass is 10.1. The van der Waals surface area contributed by atoms with Gasteiger partial charge >= 0.3 is 12.1 Å². The van der Waals surface area contributed by atoms with Gasteiger partial charge in [-0.3, -0.25) is 0 Å². The standard InChI is InChI=1S/C18H15F3N2O2/c1-2-25-17(24)13-5-3-12(4-6-13)11-23-15-8-7-14(10-22)16(9-15)18(19,20)21/h3-9,23H,2,11H2,1H3. The summed E-state index contributed by atoms with van der Waals surface area (Å²) in [6.45, 7) is 2.26. The molecule has 0 aliphatic carbocycles. The first kappa shape index (κ1) is 18.3.